The number of benzene rings is 1. The summed E-state index contributed by atoms with van der Waals surface area (Å²) in [5, 5.41) is 12.0. The van der Waals surface area contributed by atoms with Gasteiger partial charge in [-0.05, 0) is 49.0 Å². The molecule has 0 aromatic heterocycles. The van der Waals surface area contributed by atoms with Crippen LogP contribution >= 0.6 is 23.2 Å². The zero-order chi connectivity index (χ0) is 23.7. The summed E-state index contributed by atoms with van der Waals surface area (Å²) in [4.78, 5) is 12.0. The van der Waals surface area contributed by atoms with Crippen LogP contribution in [0.1, 0.15) is 37.9 Å². The number of alkyl halides is 2. The summed E-state index contributed by atoms with van der Waals surface area (Å²) in [5.41, 5.74) is 6.14. The molecule has 0 bridgehead atoms. The van der Waals surface area contributed by atoms with Crippen molar-refractivity contribution in [3.05, 3.63) is 45.5 Å². The van der Waals surface area contributed by atoms with Gasteiger partial charge < -0.3 is 25.2 Å². The van der Waals surface area contributed by atoms with Crippen LogP contribution in [0.15, 0.2) is 45.1 Å². The monoisotopic (exact) mass is 492 g/mol. The van der Waals surface area contributed by atoms with Crippen LogP contribution in [0.3, 0.4) is 0 Å². The molecule has 0 spiro atoms. The Hall–Kier alpha value is -2.36. The van der Waals surface area contributed by atoms with Crippen LogP contribution in [0, 0.1) is 5.92 Å². The lowest BCUT2D eigenvalue weighted by molar-refractivity contribution is -0.147. The Bertz CT molecular complexity index is 889. The predicted molar refractivity (Wildman–Crippen MR) is 117 cm³/mol. The fourth-order valence-corrected chi connectivity index (χ4v) is 3.20. The van der Waals surface area contributed by atoms with Crippen LogP contribution in [-0.4, -0.2) is 37.2 Å². The van der Waals surface area contributed by atoms with Crippen molar-refractivity contribution in [1.82, 2.24) is 0 Å². The smallest absolute Gasteiger partial charge is 0.387 e. The van der Waals surface area contributed by atoms with Crippen LogP contribution in [0.2, 0.25) is 0 Å². The van der Waals surface area contributed by atoms with Gasteiger partial charge in [0.05, 0.1) is 24.4 Å². The molecule has 2 rings (SSSR count). The summed E-state index contributed by atoms with van der Waals surface area (Å²) >= 11 is 12.4. The second-order valence-corrected chi connectivity index (χ2v) is 7.75. The highest BCUT2D eigenvalue weighted by Gasteiger charge is 2.25. The van der Waals surface area contributed by atoms with Crippen molar-refractivity contribution in [2.24, 2.45) is 16.8 Å². The molecule has 3 N–H and O–H groups in total. The Labute approximate surface area is 194 Å². The van der Waals surface area contributed by atoms with E-state index in [9.17, 15) is 13.6 Å². The van der Waals surface area contributed by atoms with Crippen LogP contribution < -0.4 is 15.2 Å². The zero-order valence-corrected chi connectivity index (χ0v) is 18.8. The number of ether oxygens (including phenoxy) is 3. The van der Waals surface area contributed by atoms with E-state index in [2.05, 4.69) is 9.89 Å². The minimum absolute atomic E-state index is 0.0170. The summed E-state index contributed by atoms with van der Waals surface area (Å²) < 4.78 is 41.3. The van der Waals surface area contributed by atoms with Crippen molar-refractivity contribution >= 4 is 35.4 Å². The fourth-order valence-electron chi connectivity index (χ4n) is 2.75. The predicted octanol–water partition coefficient (Wildman–Crippen LogP) is 5.11. The standard InChI is InChI=1S/C21H24Cl2F2N2O5/c1-2-15(22)14(16(23)10-27-29)8-18(31-20(28)9-26)13-5-6-17(32-21(24)25)19(7-13)30-11-12-3-4-12/h2,5-7,10,12,18,21,29H,3-4,8-9,11,26H2,1H3/b15-2+,16-14+,27-10+/t18-/m0/s1. The van der Waals surface area contributed by atoms with Crippen molar-refractivity contribution in [1.29, 1.82) is 0 Å². The number of nitrogens with zero attached hydrogens (tertiary/aromatic N) is 1. The molecule has 7 nitrogen and oxygen atoms in total. The van der Waals surface area contributed by atoms with Gasteiger partial charge in [0.2, 0.25) is 0 Å². The highest BCUT2D eigenvalue weighted by atomic mass is 35.5. The van der Waals surface area contributed by atoms with Crippen molar-refractivity contribution < 1.29 is 33.0 Å². The number of nitrogens with two attached hydrogens (primary N) is 1. The van der Waals surface area contributed by atoms with Gasteiger partial charge in [-0.1, -0.05) is 40.5 Å². The van der Waals surface area contributed by atoms with Crippen molar-refractivity contribution in [3.63, 3.8) is 0 Å². The molecule has 0 unspecified atom stereocenters. The van der Waals surface area contributed by atoms with E-state index in [4.69, 9.17) is 43.6 Å². The molecule has 176 valence electrons. The van der Waals surface area contributed by atoms with Gasteiger partial charge in [0.1, 0.15) is 6.10 Å². The van der Waals surface area contributed by atoms with E-state index >= 15 is 0 Å². The number of halogens is 4. The molecule has 1 aromatic rings. The Morgan fingerprint density at radius 3 is 2.62 bits per heavy atom. The number of hydrogen-bond donors (Lipinski definition) is 2. The second-order valence-electron chi connectivity index (χ2n) is 6.93. The average molecular weight is 493 g/mol. The van der Waals surface area contributed by atoms with Gasteiger partial charge in [-0.2, -0.15) is 8.78 Å². The number of carbonyl (C=O) groups is 1. The van der Waals surface area contributed by atoms with E-state index < -0.39 is 18.7 Å². The number of allylic oxidation sites excluding steroid dienone is 3. The lowest BCUT2D eigenvalue weighted by Gasteiger charge is -2.22. The molecule has 0 amide bonds. The van der Waals surface area contributed by atoms with E-state index in [0.29, 0.717) is 23.7 Å². The van der Waals surface area contributed by atoms with E-state index in [0.717, 1.165) is 19.1 Å². The second kappa shape index (κ2) is 12.6. The van der Waals surface area contributed by atoms with E-state index in [1.807, 2.05) is 0 Å². The molecule has 1 fully saturated rings. The molecule has 1 aromatic carbocycles. The first kappa shape index (κ1) is 25.9. The molecule has 11 heteroatoms. The number of esters is 1. The third-order valence-electron chi connectivity index (χ3n) is 4.56. The van der Waals surface area contributed by atoms with Crippen LogP contribution in [0.4, 0.5) is 8.78 Å². The maximum Gasteiger partial charge on any atom is 0.387 e. The Balaban J connectivity index is 2.44. The van der Waals surface area contributed by atoms with Gasteiger partial charge in [-0.25, -0.2) is 0 Å². The Morgan fingerprint density at radius 1 is 1.34 bits per heavy atom. The fraction of sp³-hybridized carbons (Fsp3) is 0.429. The maximum atomic E-state index is 12.8. The topological polar surface area (TPSA) is 103 Å². The zero-order valence-electron chi connectivity index (χ0n) is 17.3. The molecule has 0 heterocycles. The first-order chi connectivity index (χ1) is 15.3. The van der Waals surface area contributed by atoms with Crippen LogP contribution in [0.25, 0.3) is 0 Å². The van der Waals surface area contributed by atoms with Gasteiger partial charge in [0.25, 0.3) is 0 Å². The largest absolute Gasteiger partial charge is 0.489 e. The van der Waals surface area contributed by atoms with Crippen molar-refractivity contribution in [2.45, 2.75) is 38.9 Å². The molecular formula is C21H24Cl2F2N2O5. The van der Waals surface area contributed by atoms with Gasteiger partial charge in [-0.15, -0.1) is 0 Å². The lowest BCUT2D eigenvalue weighted by Crippen LogP contribution is -2.20. The molecular weight excluding hydrogens is 469 g/mol. The summed E-state index contributed by atoms with van der Waals surface area (Å²) in [6, 6.07) is 4.24. The van der Waals surface area contributed by atoms with E-state index in [-0.39, 0.29) is 34.5 Å². The lowest BCUT2D eigenvalue weighted by atomic mass is 9.99. The molecule has 0 radical (unpaired) electrons. The van der Waals surface area contributed by atoms with E-state index in [1.165, 1.54) is 18.2 Å². The van der Waals surface area contributed by atoms with Gasteiger partial charge in [0, 0.05) is 11.5 Å². The molecule has 0 aliphatic heterocycles. The molecule has 0 saturated heterocycles. The minimum atomic E-state index is -3.03. The molecule has 1 aliphatic carbocycles. The number of hydrogen-bond acceptors (Lipinski definition) is 7. The summed E-state index contributed by atoms with van der Waals surface area (Å²) in [7, 11) is 0. The van der Waals surface area contributed by atoms with Crippen molar-refractivity contribution in [2.75, 3.05) is 13.2 Å². The Kier molecular flexibility index (Phi) is 10.2. The quantitative estimate of drug-likeness (QED) is 0.138. The van der Waals surface area contributed by atoms with Crippen LogP contribution in [0.5, 0.6) is 11.5 Å². The number of rotatable bonds is 12. The van der Waals surface area contributed by atoms with Gasteiger partial charge >= 0.3 is 12.6 Å². The molecule has 1 saturated carbocycles. The number of oxime groups is 1. The number of carbonyl (C=O) groups excluding carboxylic acids is 1. The first-order valence-electron chi connectivity index (χ1n) is 9.78. The summed E-state index contributed by atoms with van der Waals surface area (Å²) in [6.07, 6.45) is 3.59. The highest BCUT2D eigenvalue weighted by Crippen LogP contribution is 2.38. The maximum absolute atomic E-state index is 12.8. The highest BCUT2D eigenvalue weighted by molar-refractivity contribution is 6.42. The van der Waals surface area contributed by atoms with Gasteiger partial charge in [-0.3, -0.25) is 4.79 Å². The van der Waals surface area contributed by atoms with Crippen molar-refractivity contribution in [3.8, 4) is 11.5 Å². The van der Waals surface area contributed by atoms with Gasteiger partial charge in [0.15, 0.2) is 11.5 Å². The molecule has 1 aliphatic rings. The first-order valence-corrected chi connectivity index (χ1v) is 10.5. The molecule has 1 atom stereocenters. The van der Waals surface area contributed by atoms with Crippen LogP contribution in [-0.2, 0) is 9.53 Å². The third-order valence-corrected chi connectivity index (χ3v) is 5.33. The normalized spacial score (nSPS) is 16.2. The Morgan fingerprint density at radius 2 is 2.06 bits per heavy atom. The molecule has 32 heavy (non-hydrogen) atoms. The minimum Gasteiger partial charge on any atom is -0.489 e. The summed E-state index contributed by atoms with van der Waals surface area (Å²) in [5.74, 6) is -0.384. The van der Waals surface area contributed by atoms with E-state index in [1.54, 1.807) is 13.0 Å². The average Bonchev–Trinajstić information content (AvgIpc) is 3.59. The SMILES string of the molecule is C\C=C(Cl)/C(C[C@H](OC(=O)CN)c1ccc(OC(F)F)c(OCC2CC2)c1)=C(Cl)\C=N\O. The third kappa shape index (κ3) is 7.96. The summed E-state index contributed by atoms with van der Waals surface area (Å²) in [6.45, 7) is -1.39.